The van der Waals surface area contributed by atoms with Crippen LogP contribution in [0, 0.1) is 0 Å². The molecule has 1 fully saturated rings. The predicted molar refractivity (Wildman–Crippen MR) is 140 cm³/mol. The Bertz CT molecular complexity index is 1100. The molecular formula is C27H36O13. The highest BCUT2D eigenvalue weighted by Gasteiger charge is 2.45. The maximum absolute atomic E-state index is 11.1. The van der Waals surface area contributed by atoms with Crippen LogP contribution in [0.5, 0.6) is 28.7 Å². The molecule has 0 saturated carbocycles. The van der Waals surface area contributed by atoms with Gasteiger partial charge in [0.25, 0.3) is 0 Å². The van der Waals surface area contributed by atoms with E-state index in [1.54, 1.807) is 18.2 Å². The van der Waals surface area contributed by atoms with Gasteiger partial charge in [-0.25, -0.2) is 0 Å². The van der Waals surface area contributed by atoms with Crippen LogP contribution in [-0.4, -0.2) is 114 Å². The van der Waals surface area contributed by atoms with Gasteiger partial charge < -0.3 is 64.2 Å². The van der Waals surface area contributed by atoms with Crippen molar-refractivity contribution in [1.29, 1.82) is 0 Å². The van der Waals surface area contributed by atoms with E-state index in [2.05, 4.69) is 0 Å². The summed E-state index contributed by atoms with van der Waals surface area (Å²) in [4.78, 5) is 0. The summed E-state index contributed by atoms with van der Waals surface area (Å²) in [5.74, 6) is 0.852. The number of methoxy groups -OCH3 is 3. The maximum atomic E-state index is 11.1. The average Bonchev–Trinajstić information content (AvgIpc) is 2.98. The third kappa shape index (κ3) is 6.95. The normalized spacial score (nSPS) is 24.4. The summed E-state index contributed by atoms with van der Waals surface area (Å²) in [5.41, 5.74) is 0.938. The van der Waals surface area contributed by atoms with E-state index in [0.29, 0.717) is 5.56 Å². The third-order valence-electron chi connectivity index (χ3n) is 6.32. The number of aliphatic hydroxyl groups is 7. The first kappa shape index (κ1) is 31.4. The zero-order valence-electron chi connectivity index (χ0n) is 22.3. The van der Waals surface area contributed by atoms with Crippen molar-refractivity contribution in [2.24, 2.45) is 0 Å². The van der Waals surface area contributed by atoms with E-state index in [0.717, 1.165) is 0 Å². The van der Waals surface area contributed by atoms with E-state index >= 15 is 0 Å². The smallest absolute Gasteiger partial charge is 0.229 e. The molecular weight excluding hydrogens is 532 g/mol. The summed E-state index contributed by atoms with van der Waals surface area (Å²) in [5, 5.41) is 69.9. The number of hydrogen-bond donors (Lipinski definition) is 7. The van der Waals surface area contributed by atoms with Crippen LogP contribution in [-0.2, 0) is 4.74 Å². The van der Waals surface area contributed by atoms with Crippen molar-refractivity contribution in [2.45, 2.75) is 42.9 Å². The third-order valence-corrected chi connectivity index (χ3v) is 6.32. The molecule has 2 aromatic carbocycles. The zero-order chi connectivity index (χ0) is 29.4. The van der Waals surface area contributed by atoms with Crippen molar-refractivity contribution in [1.82, 2.24) is 0 Å². The van der Waals surface area contributed by atoms with E-state index in [1.165, 1.54) is 45.6 Å². The van der Waals surface area contributed by atoms with E-state index in [-0.39, 0.29) is 40.9 Å². The molecule has 1 aliphatic heterocycles. The van der Waals surface area contributed by atoms with E-state index in [1.807, 2.05) is 0 Å². The molecule has 1 saturated heterocycles. The van der Waals surface area contributed by atoms with Crippen LogP contribution in [0.4, 0.5) is 0 Å². The van der Waals surface area contributed by atoms with Crippen LogP contribution in [0.3, 0.4) is 0 Å². The molecule has 13 nitrogen and oxygen atoms in total. The molecule has 0 unspecified atom stereocenters. The van der Waals surface area contributed by atoms with E-state index in [9.17, 15) is 30.6 Å². The highest BCUT2D eigenvalue weighted by atomic mass is 16.7. The van der Waals surface area contributed by atoms with Gasteiger partial charge in [0, 0.05) is 0 Å². The van der Waals surface area contributed by atoms with Crippen molar-refractivity contribution in [2.75, 3.05) is 41.2 Å². The zero-order valence-corrected chi connectivity index (χ0v) is 22.3. The highest BCUT2D eigenvalue weighted by molar-refractivity contribution is 5.62. The lowest BCUT2D eigenvalue weighted by molar-refractivity contribution is -0.277. The Morgan fingerprint density at radius 3 is 2.05 bits per heavy atom. The fourth-order valence-corrected chi connectivity index (χ4v) is 4.12. The second-order valence-electron chi connectivity index (χ2n) is 8.85. The van der Waals surface area contributed by atoms with Gasteiger partial charge in [0.2, 0.25) is 12.0 Å². The van der Waals surface area contributed by atoms with Crippen molar-refractivity contribution in [3.05, 3.63) is 47.5 Å². The van der Waals surface area contributed by atoms with Gasteiger partial charge in [0.05, 0.1) is 41.2 Å². The van der Waals surface area contributed by atoms with Crippen LogP contribution >= 0.6 is 0 Å². The second-order valence-corrected chi connectivity index (χ2v) is 8.85. The molecule has 2 aromatic rings. The Balaban J connectivity index is 1.84. The topological polar surface area (TPSA) is 197 Å². The van der Waals surface area contributed by atoms with Crippen LogP contribution in [0.25, 0.3) is 6.08 Å². The summed E-state index contributed by atoms with van der Waals surface area (Å²) in [6.45, 7) is -1.37. The highest BCUT2D eigenvalue weighted by Crippen LogP contribution is 2.41. The molecule has 0 aliphatic carbocycles. The number of hydrogen-bond acceptors (Lipinski definition) is 13. The van der Waals surface area contributed by atoms with Crippen LogP contribution < -0.4 is 23.7 Å². The first-order chi connectivity index (χ1) is 19.2. The molecule has 0 amide bonds. The molecule has 1 heterocycles. The summed E-state index contributed by atoms with van der Waals surface area (Å²) in [6.07, 6.45) is -6.75. The Morgan fingerprint density at radius 2 is 1.50 bits per heavy atom. The number of aliphatic hydroxyl groups excluding tert-OH is 7. The summed E-state index contributed by atoms with van der Waals surface area (Å²) < 4.78 is 33.2. The van der Waals surface area contributed by atoms with Crippen LogP contribution in [0.15, 0.2) is 36.4 Å². The van der Waals surface area contributed by atoms with Gasteiger partial charge >= 0.3 is 0 Å². The summed E-state index contributed by atoms with van der Waals surface area (Å²) in [6, 6.07) is 7.58. The molecule has 1 aliphatic rings. The monoisotopic (exact) mass is 568 g/mol. The predicted octanol–water partition coefficient (Wildman–Crippen LogP) is -0.630. The fourth-order valence-electron chi connectivity index (χ4n) is 4.12. The molecule has 0 aromatic heterocycles. The molecule has 13 heteroatoms. The van der Waals surface area contributed by atoms with Crippen molar-refractivity contribution in [3.8, 4) is 28.7 Å². The first-order valence-corrected chi connectivity index (χ1v) is 12.4. The van der Waals surface area contributed by atoms with Crippen molar-refractivity contribution < 1.29 is 64.2 Å². The molecule has 0 radical (unpaired) electrons. The number of ether oxygens (including phenoxy) is 6. The quantitative estimate of drug-likeness (QED) is 0.161. The average molecular weight is 569 g/mol. The molecule has 0 bridgehead atoms. The molecule has 40 heavy (non-hydrogen) atoms. The minimum Gasteiger partial charge on any atom is -0.493 e. The Labute approximate surface area is 231 Å². The SMILES string of the molecule is COc1cc([C@@H](O)[C@H](CO)Oc2c(OC)cc(/C=C/CO)cc2OC)ccc1O[C@@H]1O[C@H](CO)[C@@H](O)[C@H](O)[C@H]1O. The Morgan fingerprint density at radius 1 is 0.850 bits per heavy atom. The number of rotatable bonds is 13. The molecule has 7 atom stereocenters. The van der Waals surface area contributed by atoms with Gasteiger partial charge in [0.1, 0.15) is 30.5 Å². The molecule has 0 spiro atoms. The van der Waals surface area contributed by atoms with Gasteiger partial charge in [-0.1, -0.05) is 18.2 Å². The minimum absolute atomic E-state index is 0.0686. The lowest BCUT2D eigenvalue weighted by atomic mass is 9.99. The lowest BCUT2D eigenvalue weighted by Crippen LogP contribution is -2.60. The van der Waals surface area contributed by atoms with E-state index in [4.69, 9.17) is 33.5 Å². The van der Waals surface area contributed by atoms with Crippen molar-refractivity contribution >= 4 is 6.08 Å². The van der Waals surface area contributed by atoms with Gasteiger partial charge in [0.15, 0.2) is 29.1 Å². The van der Waals surface area contributed by atoms with Gasteiger partial charge in [-0.3, -0.25) is 0 Å². The van der Waals surface area contributed by atoms with Crippen LogP contribution in [0.1, 0.15) is 17.2 Å². The van der Waals surface area contributed by atoms with Gasteiger partial charge in [-0.05, 0) is 35.4 Å². The molecule has 222 valence electrons. The van der Waals surface area contributed by atoms with Gasteiger partial charge in [-0.15, -0.1) is 0 Å². The summed E-state index contributed by atoms with van der Waals surface area (Å²) in [7, 11) is 4.18. The fraction of sp³-hybridized carbons (Fsp3) is 0.481. The lowest BCUT2D eigenvalue weighted by Gasteiger charge is -2.39. The van der Waals surface area contributed by atoms with E-state index < -0.39 is 56.1 Å². The standard InChI is InChI=1S/C27H36O13/c1-35-17-11-15(6-7-16(17)39-27-25(34)24(33)23(32)21(13-30)40-27)22(31)20(12-29)38-26-18(36-2)9-14(5-4-8-28)10-19(26)37-3/h4-7,9-11,20-25,27-34H,8,12-13H2,1-3H3/b5-4+/t20-,21+,22+,23+,24-,25+,27+/m0/s1. The second kappa shape index (κ2) is 14.5. The molecule has 7 N–H and O–H groups in total. The molecule has 3 rings (SSSR count). The van der Waals surface area contributed by atoms with Gasteiger partial charge in [-0.2, -0.15) is 0 Å². The summed E-state index contributed by atoms with van der Waals surface area (Å²) >= 11 is 0. The van der Waals surface area contributed by atoms with Crippen molar-refractivity contribution in [3.63, 3.8) is 0 Å². The minimum atomic E-state index is -1.63. The largest absolute Gasteiger partial charge is 0.493 e. The first-order valence-electron chi connectivity index (χ1n) is 12.4. The number of benzene rings is 2. The Kier molecular flexibility index (Phi) is 11.4. The maximum Gasteiger partial charge on any atom is 0.229 e. The van der Waals surface area contributed by atoms with Crippen LogP contribution in [0.2, 0.25) is 0 Å². The Hall–Kier alpha value is -3.14.